The molecule has 0 heterocycles. The van der Waals surface area contributed by atoms with Crippen LogP contribution in [0.4, 0.5) is 0 Å². The average molecular weight is 332 g/mol. The maximum Gasteiger partial charge on any atom is 0.0311 e. The van der Waals surface area contributed by atoms with Gasteiger partial charge in [-0.3, -0.25) is 0 Å². The molecule has 1 heteroatoms. The minimum atomic E-state index is 0.582. The molecule has 0 aromatic heterocycles. The van der Waals surface area contributed by atoms with Crippen LogP contribution in [-0.2, 0) is 0 Å². The van der Waals surface area contributed by atoms with Gasteiger partial charge < -0.3 is 5.73 Å². The predicted octanol–water partition coefficient (Wildman–Crippen LogP) is 6.08. The van der Waals surface area contributed by atoms with Crippen molar-refractivity contribution in [1.29, 1.82) is 0 Å². The highest BCUT2D eigenvalue weighted by Crippen LogP contribution is 2.27. The zero-order chi connectivity index (χ0) is 18.7. The van der Waals surface area contributed by atoms with Gasteiger partial charge in [0.1, 0.15) is 0 Å². The summed E-state index contributed by atoms with van der Waals surface area (Å²) >= 11 is 0. The van der Waals surface area contributed by atoms with Gasteiger partial charge in [0, 0.05) is 24.1 Å². The highest BCUT2D eigenvalue weighted by Gasteiger charge is 2.09. The highest BCUT2D eigenvalue weighted by atomic mass is 14.6. The summed E-state index contributed by atoms with van der Waals surface area (Å²) < 4.78 is 0. The molecule has 1 aliphatic carbocycles. The molecule has 0 amide bonds. The van der Waals surface area contributed by atoms with E-state index < -0.39 is 0 Å². The van der Waals surface area contributed by atoms with E-state index in [4.69, 9.17) is 5.73 Å². The van der Waals surface area contributed by atoms with Crippen LogP contribution >= 0.6 is 0 Å². The fourth-order valence-corrected chi connectivity index (χ4v) is 2.62. The summed E-state index contributed by atoms with van der Waals surface area (Å²) in [6, 6.07) is 0. The van der Waals surface area contributed by atoms with Crippen molar-refractivity contribution in [3.05, 3.63) is 94.8 Å². The van der Waals surface area contributed by atoms with E-state index in [0.29, 0.717) is 5.70 Å². The van der Waals surface area contributed by atoms with Crippen LogP contribution in [0.3, 0.4) is 0 Å². The molecule has 0 aromatic rings. The molecular weight excluding hydrogens is 302 g/mol. The van der Waals surface area contributed by atoms with Gasteiger partial charge in [-0.05, 0) is 56.1 Å². The first-order chi connectivity index (χ1) is 12.0. The van der Waals surface area contributed by atoms with E-state index in [1.54, 1.807) is 0 Å². The smallest absolute Gasteiger partial charge is 0.0311 e. The zero-order valence-corrected chi connectivity index (χ0v) is 15.9. The normalized spacial score (nSPS) is 16.4. The van der Waals surface area contributed by atoms with E-state index in [-0.39, 0.29) is 0 Å². The van der Waals surface area contributed by atoms with Gasteiger partial charge in [-0.2, -0.15) is 0 Å². The lowest BCUT2D eigenvalue weighted by atomic mass is 9.91. The Morgan fingerprint density at radius 1 is 1.28 bits per heavy atom. The minimum absolute atomic E-state index is 0.582. The lowest BCUT2D eigenvalue weighted by molar-refractivity contribution is 1.16. The van der Waals surface area contributed by atoms with Gasteiger partial charge in [0.05, 0.1) is 0 Å². The third-order valence-electron chi connectivity index (χ3n) is 3.89. The Kier molecular flexibility index (Phi) is 8.90. The van der Waals surface area contributed by atoms with Crippen molar-refractivity contribution >= 4 is 0 Å². The molecule has 0 bridgehead atoms. The van der Waals surface area contributed by atoms with Crippen LogP contribution in [0.15, 0.2) is 94.8 Å². The Bertz CT molecular complexity index is 763. The fraction of sp³-hybridized carbons (Fsp3) is 0.250. The van der Waals surface area contributed by atoms with Crippen LogP contribution in [0, 0.1) is 11.8 Å². The summed E-state index contributed by atoms with van der Waals surface area (Å²) in [5, 5.41) is 0. The molecule has 1 rings (SSSR count). The van der Waals surface area contributed by atoms with E-state index in [1.165, 1.54) is 11.1 Å². The Labute approximate surface area is 153 Å². The van der Waals surface area contributed by atoms with Crippen LogP contribution in [-0.4, -0.2) is 0 Å². The molecule has 130 valence electrons. The average Bonchev–Trinajstić information content (AvgIpc) is 2.86. The topological polar surface area (TPSA) is 26.0 Å². The van der Waals surface area contributed by atoms with Gasteiger partial charge in [-0.25, -0.2) is 0 Å². The maximum absolute atomic E-state index is 5.87. The first-order valence-corrected chi connectivity index (χ1v) is 8.66. The van der Waals surface area contributed by atoms with Crippen molar-refractivity contribution in [1.82, 2.24) is 0 Å². The van der Waals surface area contributed by atoms with Crippen LogP contribution in [0.25, 0.3) is 0 Å². The van der Waals surface area contributed by atoms with Crippen LogP contribution < -0.4 is 5.73 Å². The third-order valence-corrected chi connectivity index (χ3v) is 3.89. The van der Waals surface area contributed by atoms with Gasteiger partial charge in [0.25, 0.3) is 0 Å². The molecule has 0 radical (unpaired) electrons. The first kappa shape index (κ1) is 20.3. The van der Waals surface area contributed by atoms with Crippen LogP contribution in [0.2, 0.25) is 0 Å². The Morgan fingerprint density at radius 3 is 2.64 bits per heavy atom. The molecule has 25 heavy (non-hydrogen) atoms. The fourth-order valence-electron chi connectivity index (χ4n) is 2.62. The minimum Gasteiger partial charge on any atom is -0.399 e. The van der Waals surface area contributed by atoms with E-state index in [0.717, 1.165) is 29.6 Å². The summed E-state index contributed by atoms with van der Waals surface area (Å²) in [6.45, 7) is 12.0. The van der Waals surface area contributed by atoms with Crippen molar-refractivity contribution in [2.75, 3.05) is 0 Å². The zero-order valence-electron chi connectivity index (χ0n) is 15.9. The van der Waals surface area contributed by atoms with E-state index in [1.807, 2.05) is 26.0 Å². The lowest BCUT2D eigenvalue weighted by Crippen LogP contribution is -1.99. The molecule has 0 atom stereocenters. The first-order valence-electron chi connectivity index (χ1n) is 8.66. The molecule has 1 nitrogen and oxygen atoms in total. The second kappa shape index (κ2) is 10.9. The predicted molar refractivity (Wildman–Crippen MR) is 112 cm³/mol. The van der Waals surface area contributed by atoms with Gasteiger partial charge >= 0.3 is 0 Å². The molecule has 0 saturated heterocycles. The van der Waals surface area contributed by atoms with Gasteiger partial charge in [0.15, 0.2) is 0 Å². The quantitative estimate of drug-likeness (QED) is 0.444. The standard InChI is InChI=1S/C24H29N/c1-6-9-16-23(18-21-14-12-10-11-13-15-21)24(8-3)19(4)17-22(7-2)20(5)25/h6-10,12,14,16-17H,5,11,18,25H2,1-4H3/b9-6-,19-17+,22-7+,23-16-,24-8-. The Balaban J connectivity index is 3.25. The monoisotopic (exact) mass is 331 g/mol. The van der Waals surface area contributed by atoms with Gasteiger partial charge in [-0.15, -0.1) is 0 Å². The largest absolute Gasteiger partial charge is 0.399 e. The summed E-state index contributed by atoms with van der Waals surface area (Å²) in [7, 11) is 0. The Hall–Kier alpha value is -2.72. The molecule has 0 unspecified atom stereocenters. The summed E-state index contributed by atoms with van der Waals surface area (Å²) in [5.74, 6) is 6.45. The summed E-state index contributed by atoms with van der Waals surface area (Å²) in [5.41, 5.74) is 12.1. The van der Waals surface area contributed by atoms with Crippen molar-refractivity contribution in [3.63, 3.8) is 0 Å². The van der Waals surface area contributed by atoms with Crippen molar-refractivity contribution in [2.45, 2.75) is 40.5 Å². The number of nitrogens with two attached hydrogens (primary N) is 1. The summed E-state index contributed by atoms with van der Waals surface area (Å²) in [4.78, 5) is 0. The molecule has 0 spiro atoms. The van der Waals surface area contributed by atoms with E-state index in [9.17, 15) is 0 Å². The highest BCUT2D eigenvalue weighted by molar-refractivity contribution is 5.54. The molecule has 0 aromatic carbocycles. The molecule has 0 fully saturated rings. The van der Waals surface area contributed by atoms with Crippen molar-refractivity contribution in [3.8, 4) is 11.8 Å². The number of hydrogen-bond donors (Lipinski definition) is 1. The number of allylic oxidation sites excluding steroid dienone is 13. The maximum atomic E-state index is 5.87. The molecule has 0 saturated carbocycles. The molecule has 1 aliphatic rings. The van der Waals surface area contributed by atoms with Gasteiger partial charge in [-0.1, -0.05) is 67.0 Å². The second-order valence-electron chi connectivity index (χ2n) is 5.82. The Morgan fingerprint density at radius 2 is 2.04 bits per heavy atom. The second-order valence-corrected chi connectivity index (χ2v) is 5.82. The molecule has 0 aliphatic heterocycles. The van der Waals surface area contributed by atoms with E-state index in [2.05, 4.69) is 74.8 Å². The lowest BCUT2D eigenvalue weighted by Gasteiger charge is -2.14. The third kappa shape index (κ3) is 6.73. The van der Waals surface area contributed by atoms with Crippen molar-refractivity contribution in [2.24, 2.45) is 5.73 Å². The number of rotatable bonds is 7. The van der Waals surface area contributed by atoms with Crippen LogP contribution in [0.1, 0.15) is 40.5 Å². The summed E-state index contributed by atoms with van der Waals surface area (Å²) in [6.07, 6.45) is 20.4. The molecule has 2 N–H and O–H groups in total. The number of hydrogen-bond acceptors (Lipinski definition) is 1. The van der Waals surface area contributed by atoms with Gasteiger partial charge in [0.2, 0.25) is 0 Å². The van der Waals surface area contributed by atoms with Crippen LogP contribution in [0.5, 0.6) is 0 Å². The molecular formula is C24H29N. The SMILES string of the molecule is C=C(N)C(=C/C)/C=C(C)/C(=C/C)C(=C\C=C/C)/CC1=CC=CCC#C1. The van der Waals surface area contributed by atoms with Crippen molar-refractivity contribution < 1.29 is 0 Å². The van der Waals surface area contributed by atoms with E-state index >= 15 is 0 Å².